The van der Waals surface area contributed by atoms with Crippen molar-refractivity contribution in [2.24, 2.45) is 0 Å². The lowest BCUT2D eigenvalue weighted by molar-refractivity contribution is -0.384. The zero-order valence-corrected chi connectivity index (χ0v) is 19.5. The van der Waals surface area contributed by atoms with Crippen molar-refractivity contribution in [1.29, 1.82) is 0 Å². The smallest absolute Gasteiger partial charge is 0.289 e. The minimum absolute atomic E-state index is 0.0168. The third kappa shape index (κ3) is 5.03. The van der Waals surface area contributed by atoms with Gasteiger partial charge in [-0.25, -0.2) is 4.68 Å². The van der Waals surface area contributed by atoms with Crippen LogP contribution in [0.2, 0.25) is 5.02 Å². The number of amides is 1. The van der Waals surface area contributed by atoms with Gasteiger partial charge in [0.2, 0.25) is 11.1 Å². The molecule has 1 unspecified atom stereocenters. The molecule has 3 aromatic carbocycles. The number of anilines is 1. The largest absolute Gasteiger partial charge is 0.335 e. The summed E-state index contributed by atoms with van der Waals surface area (Å²) >= 11 is 7.00. The van der Waals surface area contributed by atoms with Crippen LogP contribution in [0.3, 0.4) is 0 Å². The molecule has 4 aromatic rings. The molecule has 0 aliphatic heterocycles. The molecule has 1 atom stereocenters. The average Bonchev–Trinajstić information content (AvgIpc) is 3.19. The van der Waals surface area contributed by atoms with Crippen LogP contribution in [0, 0.1) is 17.0 Å². The summed E-state index contributed by atoms with van der Waals surface area (Å²) < 4.78 is 1.34. The Morgan fingerprint density at radius 3 is 2.50 bits per heavy atom. The number of aryl methyl sites for hydroxylation is 1. The Morgan fingerprint density at radius 1 is 1.12 bits per heavy atom. The summed E-state index contributed by atoms with van der Waals surface area (Å²) in [6.07, 6.45) is 0. The number of aromatic nitrogens is 3. The average molecular weight is 495 g/mol. The van der Waals surface area contributed by atoms with Crippen LogP contribution in [-0.2, 0) is 4.79 Å². The summed E-state index contributed by atoms with van der Waals surface area (Å²) in [6, 6.07) is 20.8. The Balaban J connectivity index is 1.63. The number of hydrogen-bond acceptors (Lipinski definition) is 7. The van der Waals surface area contributed by atoms with Crippen LogP contribution in [0.15, 0.2) is 78.0 Å². The van der Waals surface area contributed by atoms with Crippen LogP contribution in [-0.4, -0.2) is 25.7 Å². The zero-order chi connectivity index (χ0) is 24.2. The number of rotatable bonds is 7. The second-order valence-electron chi connectivity index (χ2n) is 7.36. The van der Waals surface area contributed by atoms with E-state index in [-0.39, 0.29) is 16.4 Å². The van der Waals surface area contributed by atoms with Gasteiger partial charge in [-0.1, -0.05) is 83.5 Å². The van der Waals surface area contributed by atoms with Crippen LogP contribution in [0.4, 0.5) is 11.4 Å². The zero-order valence-electron chi connectivity index (χ0n) is 17.9. The highest BCUT2D eigenvalue weighted by Crippen LogP contribution is 2.36. The van der Waals surface area contributed by atoms with Crippen LogP contribution >= 0.6 is 23.4 Å². The molecular weight excluding hydrogens is 476 g/mol. The van der Waals surface area contributed by atoms with E-state index in [1.165, 1.54) is 22.9 Å². The number of nitrogens with zero attached hydrogens (tertiary/aromatic N) is 4. The highest BCUT2D eigenvalue weighted by atomic mass is 35.5. The molecular formula is C23H19ClN6O3S. The SMILES string of the molecule is Cc1ccc(-c2nnc(SC(C(=O)Nc3ccc(Cl)c([N+](=O)[O-])c3)c3ccccc3)n2N)cc1. The van der Waals surface area contributed by atoms with E-state index in [2.05, 4.69) is 15.5 Å². The molecule has 0 spiro atoms. The van der Waals surface area contributed by atoms with Gasteiger partial charge in [0, 0.05) is 17.3 Å². The molecule has 0 bridgehead atoms. The van der Waals surface area contributed by atoms with Gasteiger partial charge in [0.05, 0.1) is 4.92 Å². The Kier molecular flexibility index (Phi) is 6.80. The molecule has 4 rings (SSSR count). The van der Waals surface area contributed by atoms with Crippen molar-refractivity contribution >= 4 is 40.6 Å². The molecule has 0 saturated heterocycles. The molecule has 34 heavy (non-hydrogen) atoms. The highest BCUT2D eigenvalue weighted by Gasteiger charge is 2.26. The van der Waals surface area contributed by atoms with E-state index in [1.54, 1.807) is 12.1 Å². The van der Waals surface area contributed by atoms with Gasteiger partial charge in [-0.3, -0.25) is 14.9 Å². The lowest BCUT2D eigenvalue weighted by Gasteiger charge is -2.16. The molecule has 1 amide bonds. The maximum Gasteiger partial charge on any atom is 0.289 e. The molecule has 9 nitrogen and oxygen atoms in total. The monoisotopic (exact) mass is 494 g/mol. The number of nitro benzene ring substituents is 1. The van der Waals surface area contributed by atoms with Crippen LogP contribution < -0.4 is 11.2 Å². The number of nitro groups is 1. The molecule has 0 fully saturated rings. The summed E-state index contributed by atoms with van der Waals surface area (Å²) in [6.45, 7) is 1.98. The number of nitrogen functional groups attached to an aromatic ring is 1. The normalized spacial score (nSPS) is 11.7. The fourth-order valence-corrected chi connectivity index (χ4v) is 4.35. The fraction of sp³-hybridized carbons (Fsp3) is 0.0870. The Morgan fingerprint density at radius 2 is 1.82 bits per heavy atom. The summed E-state index contributed by atoms with van der Waals surface area (Å²) in [5.41, 5.74) is 2.55. The first-order valence-electron chi connectivity index (χ1n) is 10.1. The van der Waals surface area contributed by atoms with Gasteiger partial charge in [-0.15, -0.1) is 10.2 Å². The number of carbonyl (C=O) groups is 1. The van der Waals surface area contributed by atoms with Crippen LogP contribution in [0.5, 0.6) is 0 Å². The maximum absolute atomic E-state index is 13.3. The second-order valence-corrected chi connectivity index (χ2v) is 8.84. The number of hydrogen-bond donors (Lipinski definition) is 2. The molecule has 0 saturated carbocycles. The Hall–Kier alpha value is -3.89. The Labute approximate surface area is 204 Å². The van der Waals surface area contributed by atoms with E-state index in [1.807, 2.05) is 49.4 Å². The van der Waals surface area contributed by atoms with E-state index in [0.29, 0.717) is 16.5 Å². The van der Waals surface area contributed by atoms with Gasteiger partial charge in [-0.2, -0.15) is 0 Å². The topological polar surface area (TPSA) is 129 Å². The predicted molar refractivity (Wildman–Crippen MR) is 132 cm³/mol. The number of carbonyl (C=O) groups excluding carboxylic acids is 1. The first kappa shape index (κ1) is 23.3. The summed E-state index contributed by atoms with van der Waals surface area (Å²) in [5.74, 6) is 6.32. The van der Waals surface area contributed by atoms with E-state index in [0.717, 1.165) is 22.9 Å². The maximum atomic E-state index is 13.3. The van der Waals surface area contributed by atoms with Gasteiger partial charge in [0.15, 0.2) is 5.82 Å². The van der Waals surface area contributed by atoms with E-state index < -0.39 is 16.1 Å². The predicted octanol–water partition coefficient (Wildman–Crippen LogP) is 5.00. The quantitative estimate of drug-likeness (QED) is 0.160. The first-order chi connectivity index (χ1) is 16.3. The third-order valence-corrected chi connectivity index (χ3v) is 6.48. The first-order valence-corrected chi connectivity index (χ1v) is 11.3. The van der Waals surface area contributed by atoms with Gasteiger partial charge in [-0.05, 0) is 24.6 Å². The molecule has 3 N–H and O–H groups in total. The second kappa shape index (κ2) is 9.94. The molecule has 11 heteroatoms. The van der Waals surface area contributed by atoms with Crippen LogP contribution in [0.25, 0.3) is 11.4 Å². The standard InChI is InChI=1S/C23H19ClN6O3S/c1-14-7-9-16(10-8-14)21-27-28-23(29(21)25)34-20(15-5-3-2-4-6-15)22(31)26-17-11-12-18(24)19(13-17)30(32)33/h2-13,20H,25H2,1H3,(H,26,31). The fourth-order valence-electron chi connectivity index (χ4n) is 3.20. The summed E-state index contributed by atoms with van der Waals surface area (Å²) in [7, 11) is 0. The van der Waals surface area contributed by atoms with Gasteiger partial charge >= 0.3 is 0 Å². The number of nitrogens with one attached hydrogen (secondary N) is 1. The third-order valence-electron chi connectivity index (χ3n) is 4.95. The van der Waals surface area contributed by atoms with Gasteiger partial charge < -0.3 is 11.2 Å². The highest BCUT2D eigenvalue weighted by molar-refractivity contribution is 8.00. The van der Waals surface area contributed by atoms with Crippen molar-refractivity contribution in [2.75, 3.05) is 11.2 Å². The lowest BCUT2D eigenvalue weighted by Crippen LogP contribution is -2.20. The van der Waals surface area contributed by atoms with Gasteiger partial charge in [0.1, 0.15) is 10.3 Å². The van der Waals surface area contributed by atoms with Crippen molar-refractivity contribution in [2.45, 2.75) is 17.3 Å². The van der Waals surface area contributed by atoms with Crippen molar-refractivity contribution < 1.29 is 9.72 Å². The van der Waals surface area contributed by atoms with Crippen molar-refractivity contribution in [3.05, 3.63) is 99.1 Å². The molecule has 1 heterocycles. The van der Waals surface area contributed by atoms with E-state index >= 15 is 0 Å². The van der Waals surface area contributed by atoms with Crippen molar-refractivity contribution in [1.82, 2.24) is 14.9 Å². The molecule has 1 aromatic heterocycles. The van der Waals surface area contributed by atoms with Gasteiger partial charge in [0.25, 0.3) is 5.69 Å². The molecule has 0 aliphatic rings. The minimum Gasteiger partial charge on any atom is -0.335 e. The lowest BCUT2D eigenvalue weighted by atomic mass is 10.1. The minimum atomic E-state index is -0.756. The van der Waals surface area contributed by atoms with Crippen molar-refractivity contribution in [3.63, 3.8) is 0 Å². The number of nitrogens with two attached hydrogens (primary N) is 1. The molecule has 0 aliphatic carbocycles. The Bertz CT molecular complexity index is 1340. The van der Waals surface area contributed by atoms with Crippen LogP contribution in [0.1, 0.15) is 16.4 Å². The van der Waals surface area contributed by atoms with E-state index in [9.17, 15) is 14.9 Å². The number of benzene rings is 3. The number of thioether (sulfide) groups is 1. The molecule has 0 radical (unpaired) electrons. The van der Waals surface area contributed by atoms with Crippen molar-refractivity contribution in [3.8, 4) is 11.4 Å². The summed E-state index contributed by atoms with van der Waals surface area (Å²) in [5, 5.41) is 21.9. The number of halogens is 1. The summed E-state index contributed by atoms with van der Waals surface area (Å²) in [4.78, 5) is 23.9. The molecule has 172 valence electrons. The van der Waals surface area contributed by atoms with E-state index in [4.69, 9.17) is 17.4 Å².